The number of halogens is 1. The second-order valence-electron chi connectivity index (χ2n) is 17.1. The SMILES string of the molecule is CC(C)(C)Cc1ccccn1.CC(C)(C)Cc1ccncc1F.CC(C)(C)Cc1cn2ccccc2n1.CC(C)(C)Cc1ncccn1. The molecule has 0 spiro atoms. The molecule has 5 aromatic heterocycles. The summed E-state index contributed by atoms with van der Waals surface area (Å²) in [7, 11) is 0. The van der Waals surface area contributed by atoms with Crippen LogP contribution in [0, 0.1) is 27.5 Å². The molecule has 0 fully saturated rings. The lowest BCUT2D eigenvalue weighted by molar-refractivity contribution is 0.400. The summed E-state index contributed by atoms with van der Waals surface area (Å²) in [5.74, 6) is 0.729. The molecule has 0 amide bonds. The summed E-state index contributed by atoms with van der Waals surface area (Å²) >= 11 is 0. The monoisotopic (exact) mass is 654 g/mol. The molecule has 5 rings (SSSR count). The van der Waals surface area contributed by atoms with Crippen LogP contribution in [0.3, 0.4) is 0 Å². The summed E-state index contributed by atoms with van der Waals surface area (Å²) in [6.07, 6.45) is 16.2. The standard InChI is InChI=1S/C12H16N2.C10H14FN.C10H15N.C9H14N2/c1-12(2,3)8-10-9-14-7-5-4-6-11(14)13-10;1-10(2,3)6-8-4-5-12-7-9(8)11;1-10(2,3)8-9-6-4-5-7-11-9;1-9(2,3)7-8-10-5-4-6-11-8/h4-7,9H,8H2,1-3H3;4-5,7H,6H2,1-3H3;4-7H,8H2,1-3H3;4-6H,7H2,1-3H3. The van der Waals surface area contributed by atoms with Crippen LogP contribution >= 0.6 is 0 Å². The number of hydrogen-bond acceptors (Lipinski definition) is 5. The average molecular weight is 655 g/mol. The van der Waals surface area contributed by atoms with E-state index in [1.807, 2.05) is 48.8 Å². The van der Waals surface area contributed by atoms with Crippen LogP contribution in [0.4, 0.5) is 4.39 Å². The van der Waals surface area contributed by atoms with Gasteiger partial charge in [0.2, 0.25) is 0 Å². The minimum Gasteiger partial charge on any atom is -0.307 e. The van der Waals surface area contributed by atoms with Gasteiger partial charge in [-0.1, -0.05) is 95.2 Å². The minimum atomic E-state index is -0.201. The van der Waals surface area contributed by atoms with Crippen molar-refractivity contribution in [1.29, 1.82) is 0 Å². The molecule has 0 aliphatic heterocycles. The summed E-state index contributed by atoms with van der Waals surface area (Å²) in [5.41, 5.74) is 5.18. The van der Waals surface area contributed by atoms with Gasteiger partial charge in [-0.2, -0.15) is 0 Å². The van der Waals surface area contributed by atoms with E-state index in [1.165, 1.54) is 17.6 Å². The first-order chi connectivity index (χ1) is 22.2. The first-order valence-electron chi connectivity index (χ1n) is 16.9. The number of aromatic nitrogens is 6. The lowest BCUT2D eigenvalue weighted by atomic mass is 9.88. The average Bonchev–Trinajstić information content (AvgIpc) is 3.35. The number of pyridine rings is 3. The van der Waals surface area contributed by atoms with Crippen LogP contribution in [0.25, 0.3) is 5.65 Å². The van der Waals surface area contributed by atoms with Gasteiger partial charge >= 0.3 is 0 Å². The third-order valence-corrected chi connectivity index (χ3v) is 6.45. The predicted octanol–water partition coefficient (Wildman–Crippen LogP) is 10.5. The molecule has 0 saturated heterocycles. The summed E-state index contributed by atoms with van der Waals surface area (Å²) in [5, 5.41) is 0. The fourth-order valence-corrected chi connectivity index (χ4v) is 4.68. The molecule has 48 heavy (non-hydrogen) atoms. The van der Waals surface area contributed by atoms with Crippen molar-refractivity contribution in [2.75, 3.05) is 0 Å². The third-order valence-electron chi connectivity index (χ3n) is 6.45. The molecule has 0 aromatic carbocycles. The van der Waals surface area contributed by atoms with Gasteiger partial charge in [-0.3, -0.25) is 9.97 Å². The molecular formula is C41H59FN6. The Labute approximate surface area is 289 Å². The van der Waals surface area contributed by atoms with E-state index in [0.29, 0.717) is 10.8 Å². The van der Waals surface area contributed by atoms with E-state index in [4.69, 9.17) is 0 Å². The van der Waals surface area contributed by atoms with E-state index < -0.39 is 0 Å². The van der Waals surface area contributed by atoms with Gasteiger partial charge in [0.05, 0.1) is 11.9 Å². The molecular weight excluding hydrogens is 595 g/mol. The Morgan fingerprint density at radius 2 is 1.12 bits per heavy atom. The minimum absolute atomic E-state index is 0.127. The van der Waals surface area contributed by atoms with Gasteiger partial charge in [-0.25, -0.2) is 19.3 Å². The molecule has 0 atom stereocenters. The molecule has 260 valence electrons. The van der Waals surface area contributed by atoms with Gasteiger partial charge in [0.25, 0.3) is 0 Å². The number of fused-ring (bicyclic) bond motifs is 1. The highest BCUT2D eigenvalue weighted by molar-refractivity contribution is 5.39. The lowest BCUT2D eigenvalue weighted by Crippen LogP contribution is -2.11. The fourth-order valence-electron chi connectivity index (χ4n) is 4.68. The van der Waals surface area contributed by atoms with Gasteiger partial charge in [-0.15, -0.1) is 0 Å². The Balaban J connectivity index is 0.000000224. The van der Waals surface area contributed by atoms with Gasteiger partial charge in [0.1, 0.15) is 17.3 Å². The molecule has 0 aliphatic carbocycles. The normalized spacial score (nSPS) is 11.8. The third kappa shape index (κ3) is 18.4. The number of rotatable bonds is 4. The molecule has 5 heterocycles. The zero-order chi connectivity index (χ0) is 36.0. The number of imidazole rings is 1. The van der Waals surface area contributed by atoms with Crippen LogP contribution in [0.5, 0.6) is 0 Å². The number of nitrogens with zero attached hydrogens (tertiary/aromatic N) is 6. The largest absolute Gasteiger partial charge is 0.307 e. The van der Waals surface area contributed by atoms with E-state index >= 15 is 0 Å². The highest BCUT2D eigenvalue weighted by Crippen LogP contribution is 2.22. The van der Waals surface area contributed by atoms with Crippen molar-refractivity contribution in [3.63, 3.8) is 0 Å². The second-order valence-corrected chi connectivity index (χ2v) is 17.1. The maximum absolute atomic E-state index is 13.1. The Bertz CT molecular complexity index is 1520. The predicted molar refractivity (Wildman–Crippen MR) is 198 cm³/mol. The van der Waals surface area contributed by atoms with Crippen molar-refractivity contribution in [3.05, 3.63) is 121 Å². The second kappa shape index (κ2) is 18.0. The Morgan fingerprint density at radius 1 is 0.562 bits per heavy atom. The highest BCUT2D eigenvalue weighted by atomic mass is 19.1. The topological polar surface area (TPSA) is 68.9 Å². The van der Waals surface area contributed by atoms with Crippen LogP contribution in [0.15, 0.2) is 91.9 Å². The summed E-state index contributed by atoms with van der Waals surface area (Å²) in [6, 6.07) is 15.7. The van der Waals surface area contributed by atoms with E-state index in [-0.39, 0.29) is 16.6 Å². The highest BCUT2D eigenvalue weighted by Gasteiger charge is 2.15. The first-order valence-corrected chi connectivity index (χ1v) is 16.9. The Hall–Kier alpha value is -4.00. The molecule has 7 heteroatoms. The van der Waals surface area contributed by atoms with Gasteiger partial charge in [0, 0.05) is 49.3 Å². The van der Waals surface area contributed by atoms with E-state index in [1.54, 1.807) is 24.7 Å². The molecule has 0 aliphatic rings. The van der Waals surface area contributed by atoms with Crippen LogP contribution in [-0.4, -0.2) is 29.3 Å². The van der Waals surface area contributed by atoms with Crippen molar-refractivity contribution in [3.8, 4) is 0 Å². The van der Waals surface area contributed by atoms with Crippen molar-refractivity contribution >= 4 is 5.65 Å². The van der Waals surface area contributed by atoms with Gasteiger partial charge in [-0.05, 0) is 82.9 Å². The molecule has 0 N–H and O–H groups in total. The first kappa shape index (κ1) is 40.2. The zero-order valence-electron chi connectivity index (χ0n) is 31.5. The smallest absolute Gasteiger partial charge is 0.144 e. The molecule has 0 unspecified atom stereocenters. The molecule has 6 nitrogen and oxygen atoms in total. The summed E-state index contributed by atoms with van der Waals surface area (Å²) in [4.78, 5) is 20.8. The van der Waals surface area contributed by atoms with Crippen LogP contribution in [-0.2, 0) is 25.7 Å². The zero-order valence-corrected chi connectivity index (χ0v) is 31.5. The van der Waals surface area contributed by atoms with Crippen LogP contribution in [0.2, 0.25) is 0 Å². The van der Waals surface area contributed by atoms with Crippen LogP contribution in [0.1, 0.15) is 106 Å². The van der Waals surface area contributed by atoms with Crippen LogP contribution < -0.4 is 0 Å². The molecule has 0 radical (unpaired) electrons. The van der Waals surface area contributed by atoms with Crippen molar-refractivity contribution < 1.29 is 4.39 Å². The summed E-state index contributed by atoms with van der Waals surface area (Å²) < 4.78 is 15.1. The van der Waals surface area contributed by atoms with E-state index in [0.717, 1.165) is 42.7 Å². The number of hydrogen-bond donors (Lipinski definition) is 0. The van der Waals surface area contributed by atoms with Crippen molar-refractivity contribution in [2.24, 2.45) is 21.7 Å². The van der Waals surface area contributed by atoms with E-state index in [9.17, 15) is 4.39 Å². The van der Waals surface area contributed by atoms with Gasteiger partial charge < -0.3 is 4.40 Å². The lowest BCUT2D eigenvalue weighted by Gasteiger charge is -2.17. The summed E-state index contributed by atoms with van der Waals surface area (Å²) in [6.45, 7) is 26.2. The van der Waals surface area contributed by atoms with Crippen molar-refractivity contribution in [1.82, 2.24) is 29.3 Å². The molecule has 0 saturated carbocycles. The maximum atomic E-state index is 13.1. The fraction of sp³-hybridized carbons (Fsp3) is 0.488. The maximum Gasteiger partial charge on any atom is 0.144 e. The molecule has 0 bridgehead atoms. The Kier molecular flexibility index (Phi) is 15.0. The Morgan fingerprint density at radius 3 is 1.65 bits per heavy atom. The van der Waals surface area contributed by atoms with E-state index in [2.05, 4.69) is 125 Å². The van der Waals surface area contributed by atoms with Crippen molar-refractivity contribution in [2.45, 2.75) is 109 Å². The molecule has 5 aromatic rings. The van der Waals surface area contributed by atoms with Gasteiger partial charge in [0.15, 0.2) is 0 Å². The quantitative estimate of drug-likeness (QED) is 0.193.